The van der Waals surface area contributed by atoms with Gasteiger partial charge in [0.2, 0.25) is 5.95 Å². The molecule has 1 aliphatic carbocycles. The molecule has 4 rings (SSSR count). The van der Waals surface area contributed by atoms with Crippen LogP contribution < -0.4 is 9.80 Å². The van der Waals surface area contributed by atoms with E-state index in [4.69, 9.17) is 0 Å². The second-order valence-corrected chi connectivity index (χ2v) is 6.80. The maximum absolute atomic E-state index is 14.5. The lowest BCUT2D eigenvalue weighted by Crippen LogP contribution is -2.47. The Morgan fingerprint density at radius 2 is 1.68 bits per heavy atom. The smallest absolute Gasteiger partial charge is 0.225 e. The van der Waals surface area contributed by atoms with Crippen LogP contribution in [-0.2, 0) is 6.42 Å². The van der Waals surface area contributed by atoms with Crippen molar-refractivity contribution in [3.8, 4) is 0 Å². The first kappa shape index (κ1) is 16.2. The number of piperazine rings is 1. The van der Waals surface area contributed by atoms with Gasteiger partial charge in [0.05, 0.1) is 5.69 Å². The maximum Gasteiger partial charge on any atom is 0.225 e. The lowest BCUT2D eigenvalue weighted by atomic mass is 10.2. The molecule has 0 radical (unpaired) electrons. The summed E-state index contributed by atoms with van der Waals surface area (Å²) >= 11 is 0. The number of rotatable bonds is 4. The molecule has 0 unspecified atom stereocenters. The third kappa shape index (κ3) is 3.27. The van der Waals surface area contributed by atoms with Crippen molar-refractivity contribution in [3.05, 3.63) is 35.3 Å². The fourth-order valence-corrected chi connectivity index (χ4v) is 3.11. The topological polar surface area (TPSA) is 58.0 Å². The second-order valence-electron chi connectivity index (χ2n) is 6.80. The van der Waals surface area contributed by atoms with Crippen LogP contribution in [0, 0.1) is 12.7 Å². The molecule has 0 amide bonds. The first-order valence-corrected chi connectivity index (χ1v) is 9.00. The first-order valence-electron chi connectivity index (χ1n) is 9.00. The number of halogens is 1. The highest BCUT2D eigenvalue weighted by molar-refractivity contribution is 5.45. The molecular formula is C18H23FN6. The summed E-state index contributed by atoms with van der Waals surface area (Å²) in [6, 6.07) is 0. The van der Waals surface area contributed by atoms with Crippen LogP contribution in [0.2, 0.25) is 0 Å². The van der Waals surface area contributed by atoms with Crippen molar-refractivity contribution >= 4 is 11.8 Å². The Kier molecular flexibility index (Phi) is 4.23. The summed E-state index contributed by atoms with van der Waals surface area (Å²) < 4.78 is 14.5. The van der Waals surface area contributed by atoms with Crippen molar-refractivity contribution in [3.63, 3.8) is 0 Å². The molecule has 2 aliphatic rings. The molecule has 7 heteroatoms. The lowest BCUT2D eigenvalue weighted by Gasteiger charge is -2.35. The SMILES string of the molecule is CCc1cnc(N2CCN(c3nc(C4CC4)nc(C)c3F)CC2)nc1. The van der Waals surface area contributed by atoms with E-state index in [2.05, 4.69) is 31.8 Å². The number of hydrogen-bond acceptors (Lipinski definition) is 6. The summed E-state index contributed by atoms with van der Waals surface area (Å²) in [7, 11) is 0. The number of aromatic nitrogens is 4. The highest BCUT2D eigenvalue weighted by atomic mass is 19.1. The number of hydrogen-bond donors (Lipinski definition) is 0. The Balaban J connectivity index is 1.48. The zero-order valence-electron chi connectivity index (χ0n) is 14.7. The highest BCUT2D eigenvalue weighted by Gasteiger charge is 2.30. The Hall–Kier alpha value is -2.31. The van der Waals surface area contributed by atoms with Crippen LogP contribution in [0.3, 0.4) is 0 Å². The quantitative estimate of drug-likeness (QED) is 0.851. The van der Waals surface area contributed by atoms with Crippen molar-refractivity contribution in [2.45, 2.75) is 39.0 Å². The van der Waals surface area contributed by atoms with Crippen LogP contribution in [0.5, 0.6) is 0 Å². The largest absolute Gasteiger partial charge is 0.351 e. The number of anilines is 2. The Morgan fingerprint density at radius 1 is 1.04 bits per heavy atom. The van der Waals surface area contributed by atoms with Gasteiger partial charge in [0.25, 0.3) is 0 Å². The summed E-state index contributed by atoms with van der Waals surface area (Å²) in [5.74, 6) is 2.13. The van der Waals surface area contributed by atoms with Gasteiger partial charge >= 0.3 is 0 Å². The standard InChI is InChI=1S/C18H23FN6/c1-3-13-10-20-18(21-11-13)25-8-6-24(7-9-25)17-15(19)12(2)22-16(23-17)14-4-5-14/h10-11,14H,3-9H2,1-2H3. The van der Waals surface area contributed by atoms with Crippen molar-refractivity contribution in [2.24, 2.45) is 0 Å². The van der Waals surface area contributed by atoms with E-state index in [1.165, 1.54) is 0 Å². The zero-order chi connectivity index (χ0) is 17.4. The molecule has 3 heterocycles. The fraction of sp³-hybridized carbons (Fsp3) is 0.556. The van der Waals surface area contributed by atoms with Gasteiger partial charge in [-0.3, -0.25) is 0 Å². The third-order valence-corrected chi connectivity index (χ3v) is 4.92. The van der Waals surface area contributed by atoms with E-state index in [0.717, 1.165) is 49.7 Å². The van der Waals surface area contributed by atoms with Crippen molar-refractivity contribution < 1.29 is 4.39 Å². The van der Waals surface area contributed by atoms with Crippen molar-refractivity contribution in [2.75, 3.05) is 36.0 Å². The van der Waals surface area contributed by atoms with E-state index in [9.17, 15) is 4.39 Å². The minimum absolute atomic E-state index is 0.290. The normalized spacial score (nSPS) is 17.9. The van der Waals surface area contributed by atoms with Gasteiger partial charge < -0.3 is 9.80 Å². The van der Waals surface area contributed by atoms with E-state index in [-0.39, 0.29) is 5.82 Å². The molecule has 2 aromatic heterocycles. The molecule has 0 spiro atoms. The van der Waals surface area contributed by atoms with Gasteiger partial charge in [-0.05, 0) is 31.7 Å². The Morgan fingerprint density at radius 3 is 2.28 bits per heavy atom. The average Bonchev–Trinajstić information content (AvgIpc) is 3.49. The fourth-order valence-electron chi connectivity index (χ4n) is 3.11. The molecule has 1 aliphatic heterocycles. The van der Waals surface area contributed by atoms with Gasteiger partial charge in [-0.15, -0.1) is 0 Å². The number of nitrogens with zero attached hydrogens (tertiary/aromatic N) is 6. The van der Waals surface area contributed by atoms with Crippen LogP contribution >= 0.6 is 0 Å². The minimum Gasteiger partial charge on any atom is -0.351 e. The van der Waals surface area contributed by atoms with Crippen molar-refractivity contribution in [1.29, 1.82) is 0 Å². The monoisotopic (exact) mass is 342 g/mol. The molecule has 2 fully saturated rings. The Bertz CT molecular complexity index is 751. The van der Waals surface area contributed by atoms with E-state index in [0.29, 0.717) is 30.5 Å². The van der Waals surface area contributed by atoms with E-state index >= 15 is 0 Å². The van der Waals surface area contributed by atoms with Gasteiger partial charge in [0.15, 0.2) is 11.6 Å². The molecule has 0 atom stereocenters. The zero-order valence-corrected chi connectivity index (χ0v) is 14.7. The Labute approximate surface area is 147 Å². The van der Waals surface area contributed by atoms with E-state index < -0.39 is 0 Å². The molecule has 132 valence electrons. The van der Waals surface area contributed by atoms with Crippen molar-refractivity contribution in [1.82, 2.24) is 19.9 Å². The van der Waals surface area contributed by atoms with Crippen LogP contribution in [-0.4, -0.2) is 46.1 Å². The number of aryl methyl sites for hydroxylation is 2. The van der Waals surface area contributed by atoms with Gasteiger partial charge in [-0.1, -0.05) is 6.92 Å². The van der Waals surface area contributed by atoms with Gasteiger partial charge in [0, 0.05) is 44.5 Å². The molecule has 1 saturated carbocycles. The van der Waals surface area contributed by atoms with Gasteiger partial charge in [-0.25, -0.2) is 24.3 Å². The lowest BCUT2D eigenvalue weighted by molar-refractivity contribution is 0.567. The molecule has 0 bridgehead atoms. The van der Waals surface area contributed by atoms with Crippen LogP contribution in [0.25, 0.3) is 0 Å². The average molecular weight is 342 g/mol. The predicted molar refractivity (Wildman–Crippen MR) is 94.5 cm³/mol. The van der Waals surface area contributed by atoms with Crippen LogP contribution in [0.1, 0.15) is 42.8 Å². The molecule has 0 N–H and O–H groups in total. The predicted octanol–water partition coefficient (Wildman–Crippen LogP) is 2.48. The van der Waals surface area contributed by atoms with Crippen LogP contribution in [0.4, 0.5) is 16.2 Å². The third-order valence-electron chi connectivity index (χ3n) is 4.92. The van der Waals surface area contributed by atoms with E-state index in [1.54, 1.807) is 6.92 Å². The van der Waals surface area contributed by atoms with Gasteiger partial charge in [0.1, 0.15) is 5.82 Å². The molecule has 0 aromatic carbocycles. The summed E-state index contributed by atoms with van der Waals surface area (Å²) in [4.78, 5) is 21.9. The molecule has 6 nitrogen and oxygen atoms in total. The van der Waals surface area contributed by atoms with Crippen LogP contribution in [0.15, 0.2) is 12.4 Å². The summed E-state index contributed by atoms with van der Waals surface area (Å²) in [5, 5.41) is 0. The highest BCUT2D eigenvalue weighted by Crippen LogP contribution is 2.39. The summed E-state index contributed by atoms with van der Waals surface area (Å²) in [5.41, 5.74) is 1.58. The minimum atomic E-state index is -0.290. The van der Waals surface area contributed by atoms with E-state index in [1.807, 2.05) is 17.3 Å². The molecule has 1 saturated heterocycles. The summed E-state index contributed by atoms with van der Waals surface area (Å²) in [6.07, 6.45) is 6.92. The second kappa shape index (κ2) is 6.54. The molecule has 2 aromatic rings. The molecule has 25 heavy (non-hydrogen) atoms. The molecular weight excluding hydrogens is 319 g/mol. The first-order chi connectivity index (χ1) is 12.2. The maximum atomic E-state index is 14.5. The summed E-state index contributed by atoms with van der Waals surface area (Å²) in [6.45, 7) is 6.74. The van der Waals surface area contributed by atoms with Gasteiger partial charge in [-0.2, -0.15) is 0 Å².